The predicted octanol–water partition coefficient (Wildman–Crippen LogP) is 2.26. The Bertz CT molecular complexity index is 709. The second-order valence-electron chi connectivity index (χ2n) is 5.28. The highest BCUT2D eigenvalue weighted by Gasteiger charge is 2.13. The number of rotatable bonds is 4. The van der Waals surface area contributed by atoms with E-state index >= 15 is 0 Å². The van der Waals surface area contributed by atoms with Crippen molar-refractivity contribution in [3.8, 4) is 0 Å². The number of carbonyl (C=O) groups is 2. The van der Waals surface area contributed by atoms with Crippen molar-refractivity contribution in [2.45, 2.75) is 26.7 Å². The molecule has 22 heavy (non-hydrogen) atoms. The summed E-state index contributed by atoms with van der Waals surface area (Å²) >= 11 is 0. The first-order chi connectivity index (χ1) is 10.4. The zero-order valence-electron chi connectivity index (χ0n) is 12.8. The van der Waals surface area contributed by atoms with Gasteiger partial charge in [-0.25, -0.2) is 9.97 Å². The van der Waals surface area contributed by atoms with Gasteiger partial charge in [-0.05, 0) is 31.2 Å². The summed E-state index contributed by atoms with van der Waals surface area (Å²) in [7, 11) is 0. The standard InChI is InChI=1S/C16H18N4O2/c1-9(2)15-18-8-13(10(3)19-15)16(22)20-12-6-4-11(5-7-12)14(17)21/h4-9H,1-3H3,(H2,17,21)(H,20,22). The lowest BCUT2D eigenvalue weighted by molar-refractivity contribution is 0.0998. The minimum Gasteiger partial charge on any atom is -0.366 e. The zero-order chi connectivity index (χ0) is 16.3. The van der Waals surface area contributed by atoms with Gasteiger partial charge < -0.3 is 11.1 Å². The molecule has 3 N–H and O–H groups in total. The summed E-state index contributed by atoms with van der Waals surface area (Å²) in [6.07, 6.45) is 1.53. The van der Waals surface area contributed by atoms with E-state index in [1.807, 2.05) is 13.8 Å². The van der Waals surface area contributed by atoms with Gasteiger partial charge in [-0.2, -0.15) is 0 Å². The minimum atomic E-state index is -0.508. The fourth-order valence-corrected chi connectivity index (χ4v) is 1.90. The molecule has 2 aromatic rings. The second kappa shape index (κ2) is 6.34. The maximum absolute atomic E-state index is 12.3. The van der Waals surface area contributed by atoms with Gasteiger partial charge in [0, 0.05) is 23.4 Å². The van der Waals surface area contributed by atoms with Crippen molar-refractivity contribution in [3.05, 3.63) is 53.1 Å². The van der Waals surface area contributed by atoms with Gasteiger partial charge in [0.2, 0.25) is 5.91 Å². The highest BCUT2D eigenvalue weighted by molar-refractivity contribution is 6.05. The highest BCUT2D eigenvalue weighted by atomic mass is 16.2. The average molecular weight is 298 g/mol. The van der Waals surface area contributed by atoms with Gasteiger partial charge in [-0.15, -0.1) is 0 Å². The number of benzene rings is 1. The average Bonchev–Trinajstić information content (AvgIpc) is 2.47. The van der Waals surface area contributed by atoms with Crippen molar-refractivity contribution in [1.82, 2.24) is 9.97 Å². The largest absolute Gasteiger partial charge is 0.366 e. The Balaban J connectivity index is 2.17. The molecule has 0 saturated heterocycles. The molecule has 0 saturated carbocycles. The molecule has 1 aromatic heterocycles. The third-order valence-electron chi connectivity index (χ3n) is 3.19. The van der Waals surface area contributed by atoms with E-state index in [9.17, 15) is 9.59 Å². The maximum Gasteiger partial charge on any atom is 0.259 e. The molecule has 1 aromatic carbocycles. The van der Waals surface area contributed by atoms with Crippen molar-refractivity contribution in [1.29, 1.82) is 0 Å². The summed E-state index contributed by atoms with van der Waals surface area (Å²) in [4.78, 5) is 31.8. The normalized spacial score (nSPS) is 10.5. The molecule has 0 bridgehead atoms. The fourth-order valence-electron chi connectivity index (χ4n) is 1.90. The molecule has 1 heterocycles. The summed E-state index contributed by atoms with van der Waals surface area (Å²) in [6.45, 7) is 5.77. The van der Waals surface area contributed by atoms with Crippen LogP contribution in [0.15, 0.2) is 30.5 Å². The van der Waals surface area contributed by atoms with Gasteiger partial charge in [0.05, 0.1) is 11.3 Å². The van der Waals surface area contributed by atoms with Crippen LogP contribution in [-0.4, -0.2) is 21.8 Å². The summed E-state index contributed by atoms with van der Waals surface area (Å²) in [5, 5.41) is 2.74. The first kappa shape index (κ1) is 15.6. The van der Waals surface area contributed by atoms with E-state index in [2.05, 4.69) is 15.3 Å². The number of amides is 2. The number of nitrogens with one attached hydrogen (secondary N) is 1. The Hall–Kier alpha value is -2.76. The lowest BCUT2D eigenvalue weighted by atomic mass is 10.1. The maximum atomic E-state index is 12.3. The first-order valence-electron chi connectivity index (χ1n) is 6.93. The quantitative estimate of drug-likeness (QED) is 0.904. The molecule has 2 rings (SSSR count). The van der Waals surface area contributed by atoms with E-state index in [0.717, 1.165) is 0 Å². The smallest absolute Gasteiger partial charge is 0.259 e. The van der Waals surface area contributed by atoms with Crippen LogP contribution in [0, 0.1) is 6.92 Å². The van der Waals surface area contributed by atoms with E-state index in [4.69, 9.17) is 5.73 Å². The molecule has 0 spiro atoms. The lowest BCUT2D eigenvalue weighted by Crippen LogP contribution is -2.16. The summed E-state index contributed by atoms with van der Waals surface area (Å²) < 4.78 is 0. The van der Waals surface area contributed by atoms with Crippen molar-refractivity contribution >= 4 is 17.5 Å². The van der Waals surface area contributed by atoms with Gasteiger partial charge in [-0.1, -0.05) is 13.8 Å². The van der Waals surface area contributed by atoms with Crippen molar-refractivity contribution < 1.29 is 9.59 Å². The third kappa shape index (κ3) is 3.46. The second-order valence-corrected chi connectivity index (χ2v) is 5.28. The predicted molar refractivity (Wildman–Crippen MR) is 83.8 cm³/mol. The van der Waals surface area contributed by atoms with Crippen LogP contribution in [0.4, 0.5) is 5.69 Å². The fraction of sp³-hybridized carbons (Fsp3) is 0.250. The molecule has 0 radical (unpaired) electrons. The molecular formula is C16H18N4O2. The molecule has 0 aliphatic carbocycles. The van der Waals surface area contributed by atoms with E-state index in [1.54, 1.807) is 31.2 Å². The van der Waals surface area contributed by atoms with Crippen LogP contribution in [0.1, 0.15) is 52.0 Å². The van der Waals surface area contributed by atoms with E-state index in [0.29, 0.717) is 28.3 Å². The lowest BCUT2D eigenvalue weighted by Gasteiger charge is -2.09. The molecule has 0 fully saturated rings. The van der Waals surface area contributed by atoms with E-state index in [-0.39, 0.29) is 11.8 Å². The van der Waals surface area contributed by atoms with Crippen molar-refractivity contribution in [2.24, 2.45) is 5.73 Å². The van der Waals surface area contributed by atoms with Crippen LogP contribution in [-0.2, 0) is 0 Å². The van der Waals surface area contributed by atoms with Crippen LogP contribution >= 0.6 is 0 Å². The highest BCUT2D eigenvalue weighted by Crippen LogP contribution is 2.14. The number of nitrogens with zero attached hydrogens (tertiary/aromatic N) is 2. The van der Waals surface area contributed by atoms with Gasteiger partial charge in [0.15, 0.2) is 0 Å². The van der Waals surface area contributed by atoms with Crippen LogP contribution in [0.25, 0.3) is 0 Å². The molecule has 6 heteroatoms. The van der Waals surface area contributed by atoms with Crippen molar-refractivity contribution in [3.63, 3.8) is 0 Å². The molecular weight excluding hydrogens is 280 g/mol. The number of hydrogen-bond acceptors (Lipinski definition) is 4. The van der Waals surface area contributed by atoms with Gasteiger partial charge >= 0.3 is 0 Å². The number of carbonyl (C=O) groups excluding carboxylic acids is 2. The first-order valence-corrected chi connectivity index (χ1v) is 6.93. The number of nitrogens with two attached hydrogens (primary N) is 1. The summed E-state index contributed by atoms with van der Waals surface area (Å²) in [5.74, 6) is 0.114. The summed E-state index contributed by atoms with van der Waals surface area (Å²) in [6, 6.07) is 6.36. The SMILES string of the molecule is Cc1nc(C(C)C)ncc1C(=O)Nc1ccc(C(N)=O)cc1. The zero-order valence-corrected chi connectivity index (χ0v) is 12.8. The molecule has 2 amide bonds. The molecule has 0 atom stereocenters. The van der Waals surface area contributed by atoms with Gasteiger partial charge in [-0.3, -0.25) is 9.59 Å². The van der Waals surface area contributed by atoms with Gasteiger partial charge in [0.25, 0.3) is 5.91 Å². The number of aryl methyl sites for hydroxylation is 1. The molecule has 0 aliphatic heterocycles. The molecule has 114 valence electrons. The topological polar surface area (TPSA) is 98.0 Å². The Morgan fingerprint density at radius 2 is 1.82 bits per heavy atom. The number of aromatic nitrogens is 2. The number of hydrogen-bond donors (Lipinski definition) is 2. The minimum absolute atomic E-state index is 0.206. The van der Waals surface area contributed by atoms with Crippen LogP contribution < -0.4 is 11.1 Å². The van der Waals surface area contributed by atoms with E-state index in [1.165, 1.54) is 6.20 Å². The van der Waals surface area contributed by atoms with E-state index < -0.39 is 5.91 Å². The Morgan fingerprint density at radius 1 is 1.18 bits per heavy atom. The Labute approximate surface area is 128 Å². The van der Waals surface area contributed by atoms with Crippen molar-refractivity contribution in [2.75, 3.05) is 5.32 Å². The Kier molecular flexibility index (Phi) is 4.50. The molecule has 0 unspecified atom stereocenters. The third-order valence-corrected chi connectivity index (χ3v) is 3.19. The van der Waals surface area contributed by atoms with Crippen LogP contribution in [0.2, 0.25) is 0 Å². The Morgan fingerprint density at radius 3 is 2.32 bits per heavy atom. The van der Waals surface area contributed by atoms with Gasteiger partial charge in [0.1, 0.15) is 5.82 Å². The number of primary amides is 1. The van der Waals surface area contributed by atoms with Crippen LogP contribution in [0.3, 0.4) is 0 Å². The molecule has 0 aliphatic rings. The number of anilines is 1. The summed E-state index contributed by atoms with van der Waals surface area (Å²) in [5.41, 5.74) is 7.18. The van der Waals surface area contributed by atoms with Crippen LogP contribution in [0.5, 0.6) is 0 Å². The monoisotopic (exact) mass is 298 g/mol. The molecule has 6 nitrogen and oxygen atoms in total.